The minimum Gasteiger partial charge on any atom is -0.353 e. The largest absolute Gasteiger partial charge is 0.353 e. The quantitative estimate of drug-likeness (QED) is 0.619. The van der Waals surface area contributed by atoms with Crippen LogP contribution in [0.3, 0.4) is 0 Å². The summed E-state index contributed by atoms with van der Waals surface area (Å²) in [5, 5.41) is 0. The number of carbonyl (C=O) groups is 1. The minimum absolute atomic E-state index is 0.00448. The van der Waals surface area contributed by atoms with Crippen molar-refractivity contribution in [3.8, 4) is 5.82 Å². The summed E-state index contributed by atoms with van der Waals surface area (Å²) in [6.07, 6.45) is 6.58. The first kappa shape index (κ1) is 19.7. The number of aryl methyl sites for hydroxylation is 2. The number of amides is 1. The van der Waals surface area contributed by atoms with Crippen LogP contribution in [-0.4, -0.2) is 66.1 Å². The number of hydrogen-bond acceptors (Lipinski definition) is 7. The average Bonchev–Trinajstić information content (AvgIpc) is 3.20. The number of rotatable bonds is 4. The van der Waals surface area contributed by atoms with Crippen LogP contribution in [0.25, 0.3) is 5.82 Å². The van der Waals surface area contributed by atoms with Gasteiger partial charge in [-0.3, -0.25) is 18.7 Å². The van der Waals surface area contributed by atoms with Crippen LogP contribution >= 0.6 is 0 Å². The number of nitrogens with zero attached hydrogens (tertiary/aromatic N) is 8. The Balaban J connectivity index is 1.41. The molecule has 0 atom stereocenters. The fourth-order valence-corrected chi connectivity index (χ4v) is 3.48. The minimum atomic E-state index is -0.169. The number of aromatic nitrogens is 6. The molecule has 4 heterocycles. The molecule has 3 aromatic heterocycles. The van der Waals surface area contributed by atoms with Gasteiger partial charge in [-0.15, -0.1) is 0 Å². The zero-order valence-electron chi connectivity index (χ0n) is 17.3. The maximum atomic E-state index is 12.7. The number of anilines is 1. The molecule has 0 radical (unpaired) electrons. The Bertz CT molecular complexity index is 1130. The molecule has 1 aliphatic heterocycles. The van der Waals surface area contributed by atoms with E-state index in [1.54, 1.807) is 31.3 Å². The predicted octanol–water partition coefficient (Wildman–Crippen LogP) is 0.493. The third-order valence-electron chi connectivity index (χ3n) is 5.49. The van der Waals surface area contributed by atoms with Gasteiger partial charge in [-0.2, -0.15) is 0 Å². The first-order valence-corrected chi connectivity index (χ1v) is 9.82. The summed E-state index contributed by atoms with van der Waals surface area (Å²) >= 11 is 0. The number of imidazole rings is 1. The van der Waals surface area contributed by atoms with E-state index in [0.29, 0.717) is 37.4 Å². The van der Waals surface area contributed by atoms with E-state index in [9.17, 15) is 9.59 Å². The maximum Gasteiger partial charge on any atom is 0.256 e. The van der Waals surface area contributed by atoms with Crippen LogP contribution in [0.2, 0.25) is 0 Å². The van der Waals surface area contributed by atoms with Gasteiger partial charge in [0.1, 0.15) is 30.3 Å². The van der Waals surface area contributed by atoms with E-state index in [1.165, 1.54) is 10.9 Å². The molecule has 10 nitrogen and oxygen atoms in total. The molecule has 30 heavy (non-hydrogen) atoms. The lowest BCUT2D eigenvalue weighted by molar-refractivity contribution is -0.132. The third-order valence-corrected chi connectivity index (χ3v) is 5.49. The van der Waals surface area contributed by atoms with Crippen molar-refractivity contribution in [1.82, 2.24) is 34.0 Å². The van der Waals surface area contributed by atoms with Gasteiger partial charge in [-0.05, 0) is 20.8 Å². The molecule has 156 valence electrons. The van der Waals surface area contributed by atoms with Crippen LogP contribution in [0.1, 0.15) is 17.1 Å². The van der Waals surface area contributed by atoms with Crippen molar-refractivity contribution >= 4 is 11.7 Å². The fraction of sp³-hybridized carbons (Fsp3) is 0.400. The lowest BCUT2D eigenvalue weighted by Gasteiger charge is -2.35. The first-order valence-electron chi connectivity index (χ1n) is 9.82. The second kappa shape index (κ2) is 8.05. The van der Waals surface area contributed by atoms with Crippen molar-refractivity contribution in [1.29, 1.82) is 0 Å². The van der Waals surface area contributed by atoms with E-state index in [-0.39, 0.29) is 18.0 Å². The summed E-state index contributed by atoms with van der Waals surface area (Å²) in [6, 6.07) is 1.92. The summed E-state index contributed by atoms with van der Waals surface area (Å²) in [5.74, 6) is 2.34. The van der Waals surface area contributed by atoms with Gasteiger partial charge in [0, 0.05) is 55.9 Å². The molecule has 0 aliphatic carbocycles. The van der Waals surface area contributed by atoms with E-state index >= 15 is 0 Å². The third kappa shape index (κ3) is 3.80. The molecule has 0 saturated carbocycles. The average molecular weight is 408 g/mol. The van der Waals surface area contributed by atoms with E-state index in [4.69, 9.17) is 0 Å². The first-order chi connectivity index (χ1) is 14.4. The van der Waals surface area contributed by atoms with Crippen LogP contribution in [0, 0.1) is 20.8 Å². The van der Waals surface area contributed by atoms with Gasteiger partial charge in [0.2, 0.25) is 5.91 Å². The standard InChI is InChI=1S/C20H24N8O2/c1-14-15(2)24-13-27(20(14)30)11-19(29)26-8-6-25(7-9-26)17-10-18(23-12-22-17)28-5-4-21-16(28)3/h4-5,10,12-13H,6-9,11H2,1-3H3. The summed E-state index contributed by atoms with van der Waals surface area (Å²) in [6.45, 7) is 7.88. The van der Waals surface area contributed by atoms with Gasteiger partial charge >= 0.3 is 0 Å². The van der Waals surface area contributed by atoms with Crippen molar-refractivity contribution in [3.05, 3.63) is 58.6 Å². The molecule has 1 saturated heterocycles. The van der Waals surface area contributed by atoms with Gasteiger partial charge in [0.25, 0.3) is 5.56 Å². The van der Waals surface area contributed by atoms with Crippen LogP contribution in [0.4, 0.5) is 5.82 Å². The van der Waals surface area contributed by atoms with Gasteiger partial charge in [-0.1, -0.05) is 0 Å². The topological polar surface area (TPSA) is 102 Å². The van der Waals surface area contributed by atoms with Crippen molar-refractivity contribution in [3.63, 3.8) is 0 Å². The number of hydrogen-bond donors (Lipinski definition) is 0. The van der Waals surface area contributed by atoms with Crippen LogP contribution in [0.5, 0.6) is 0 Å². The number of carbonyl (C=O) groups excluding carboxylic acids is 1. The molecule has 3 aromatic rings. The molecule has 1 aliphatic rings. The van der Waals surface area contributed by atoms with Crippen LogP contribution in [-0.2, 0) is 11.3 Å². The molecule has 0 unspecified atom stereocenters. The van der Waals surface area contributed by atoms with Crippen molar-refractivity contribution in [2.75, 3.05) is 31.1 Å². The maximum absolute atomic E-state index is 12.7. The Morgan fingerprint density at radius 2 is 1.73 bits per heavy atom. The summed E-state index contributed by atoms with van der Waals surface area (Å²) in [4.78, 5) is 46.1. The predicted molar refractivity (Wildman–Crippen MR) is 111 cm³/mol. The molecule has 1 fully saturated rings. The van der Waals surface area contributed by atoms with Crippen LogP contribution < -0.4 is 10.5 Å². The fourth-order valence-electron chi connectivity index (χ4n) is 3.48. The van der Waals surface area contributed by atoms with E-state index in [1.807, 2.05) is 23.8 Å². The molecule has 4 rings (SSSR count). The van der Waals surface area contributed by atoms with E-state index in [0.717, 1.165) is 17.5 Å². The lowest BCUT2D eigenvalue weighted by atomic mass is 10.2. The van der Waals surface area contributed by atoms with E-state index in [2.05, 4.69) is 24.8 Å². The zero-order valence-corrected chi connectivity index (χ0v) is 17.3. The van der Waals surface area contributed by atoms with Gasteiger partial charge < -0.3 is 9.80 Å². The van der Waals surface area contributed by atoms with Crippen molar-refractivity contribution in [2.45, 2.75) is 27.3 Å². The second-order valence-corrected chi connectivity index (χ2v) is 7.33. The molecule has 0 N–H and O–H groups in total. The van der Waals surface area contributed by atoms with Crippen molar-refractivity contribution < 1.29 is 4.79 Å². The summed E-state index contributed by atoms with van der Waals surface area (Å²) < 4.78 is 3.28. The SMILES string of the molecule is Cc1ncn(CC(=O)N2CCN(c3cc(-n4ccnc4C)ncn3)CC2)c(=O)c1C. The lowest BCUT2D eigenvalue weighted by Crippen LogP contribution is -2.50. The molecule has 0 spiro atoms. The highest BCUT2D eigenvalue weighted by Gasteiger charge is 2.23. The second-order valence-electron chi connectivity index (χ2n) is 7.33. The number of piperazine rings is 1. The molecule has 1 amide bonds. The van der Waals surface area contributed by atoms with Crippen LogP contribution in [0.15, 0.2) is 35.9 Å². The molecule has 0 bridgehead atoms. The summed E-state index contributed by atoms with van der Waals surface area (Å²) in [5.41, 5.74) is 1.09. The van der Waals surface area contributed by atoms with E-state index < -0.39 is 0 Å². The highest BCUT2D eigenvalue weighted by atomic mass is 16.2. The molecular formula is C20H24N8O2. The van der Waals surface area contributed by atoms with Gasteiger partial charge in [0.05, 0.1) is 6.33 Å². The Kier molecular flexibility index (Phi) is 5.30. The zero-order chi connectivity index (χ0) is 21.3. The highest BCUT2D eigenvalue weighted by molar-refractivity contribution is 5.76. The highest BCUT2D eigenvalue weighted by Crippen LogP contribution is 2.17. The molecular weight excluding hydrogens is 384 g/mol. The Hall–Kier alpha value is -3.56. The normalized spacial score (nSPS) is 14.2. The Labute approximate surface area is 173 Å². The Morgan fingerprint density at radius 3 is 2.43 bits per heavy atom. The van der Waals surface area contributed by atoms with Gasteiger partial charge in [-0.25, -0.2) is 19.9 Å². The Morgan fingerprint density at radius 1 is 1.00 bits per heavy atom. The molecule has 10 heteroatoms. The molecule has 0 aromatic carbocycles. The van der Waals surface area contributed by atoms with Crippen molar-refractivity contribution in [2.24, 2.45) is 0 Å². The summed E-state index contributed by atoms with van der Waals surface area (Å²) in [7, 11) is 0. The van der Waals surface area contributed by atoms with Gasteiger partial charge in [0.15, 0.2) is 0 Å². The monoisotopic (exact) mass is 408 g/mol. The smallest absolute Gasteiger partial charge is 0.256 e.